The van der Waals surface area contributed by atoms with Gasteiger partial charge in [0.05, 0.1) is 5.56 Å². The van der Waals surface area contributed by atoms with Crippen molar-refractivity contribution in [1.29, 1.82) is 0 Å². The smallest absolute Gasteiger partial charge is 0.339 e. The second-order valence-electron chi connectivity index (χ2n) is 4.05. The van der Waals surface area contributed by atoms with E-state index in [1.165, 1.54) is 25.1 Å². The molecule has 0 aromatic heterocycles. The number of nitrogens with one attached hydrogen (secondary N) is 2. The van der Waals surface area contributed by atoms with Gasteiger partial charge in [0, 0.05) is 16.6 Å². The van der Waals surface area contributed by atoms with Crippen molar-refractivity contribution < 1.29 is 19.1 Å². The quantitative estimate of drug-likeness (QED) is 0.829. The summed E-state index contributed by atoms with van der Waals surface area (Å²) < 4.78 is 4.94. The van der Waals surface area contributed by atoms with Gasteiger partial charge in [0.2, 0.25) is 0 Å². The Hall–Kier alpha value is -1.79. The zero-order chi connectivity index (χ0) is 16.0. The van der Waals surface area contributed by atoms with Crippen LogP contribution in [0.5, 0.6) is 0 Å². The van der Waals surface area contributed by atoms with E-state index in [-0.39, 0.29) is 15.6 Å². The molecule has 2 N–H and O–H groups in total. The lowest BCUT2D eigenvalue weighted by Crippen LogP contribution is -2.44. The number of rotatable bonds is 4. The number of carbonyl (C=O) groups excluding carboxylic acids is 3. The lowest BCUT2D eigenvalue weighted by molar-refractivity contribution is -0.127. The van der Waals surface area contributed by atoms with Gasteiger partial charge in [-0.1, -0.05) is 23.2 Å². The monoisotopic (exact) mass is 332 g/mol. The molecule has 0 heterocycles. The topological polar surface area (TPSA) is 84.5 Å². The molecule has 0 bridgehead atoms. The van der Waals surface area contributed by atoms with Gasteiger partial charge in [-0.05, 0) is 32.0 Å². The van der Waals surface area contributed by atoms with Crippen LogP contribution in [0.3, 0.4) is 0 Å². The Morgan fingerprint density at radius 2 is 1.76 bits per heavy atom. The van der Waals surface area contributed by atoms with Crippen LogP contribution < -0.4 is 10.6 Å². The molecule has 21 heavy (non-hydrogen) atoms. The van der Waals surface area contributed by atoms with Crippen molar-refractivity contribution in [2.24, 2.45) is 0 Å². The van der Waals surface area contributed by atoms with Crippen molar-refractivity contribution in [3.8, 4) is 0 Å². The standard InChI is InChI=1S/C13H14Cl2N2O4/c1-3-16-13(20)17-11(18)7(2)21-12(19)8-4-9(14)6-10(15)5-8/h4-7H,3H2,1-2H3,(H2,16,17,18,20)/t7-/m1/s1. The molecule has 0 radical (unpaired) electrons. The van der Waals surface area contributed by atoms with Crippen molar-refractivity contribution in [3.63, 3.8) is 0 Å². The summed E-state index contributed by atoms with van der Waals surface area (Å²) in [5.41, 5.74) is 0.116. The van der Waals surface area contributed by atoms with Crippen molar-refractivity contribution in [3.05, 3.63) is 33.8 Å². The van der Waals surface area contributed by atoms with E-state index >= 15 is 0 Å². The molecule has 0 aliphatic heterocycles. The molecule has 8 heteroatoms. The second kappa shape index (κ2) is 7.85. The maximum Gasteiger partial charge on any atom is 0.339 e. The summed E-state index contributed by atoms with van der Waals surface area (Å²) in [7, 11) is 0. The molecule has 1 aromatic carbocycles. The number of urea groups is 1. The Balaban J connectivity index is 2.65. The van der Waals surface area contributed by atoms with Crippen LogP contribution >= 0.6 is 23.2 Å². The van der Waals surface area contributed by atoms with Crippen LogP contribution in [0.4, 0.5) is 4.79 Å². The number of amides is 3. The summed E-state index contributed by atoms with van der Waals surface area (Å²) in [6.07, 6.45) is -1.14. The van der Waals surface area contributed by atoms with Gasteiger partial charge in [-0.2, -0.15) is 0 Å². The van der Waals surface area contributed by atoms with E-state index in [2.05, 4.69) is 5.32 Å². The van der Waals surface area contributed by atoms with Crippen molar-refractivity contribution in [1.82, 2.24) is 10.6 Å². The van der Waals surface area contributed by atoms with Gasteiger partial charge in [0.1, 0.15) is 0 Å². The molecule has 3 amide bonds. The number of imide groups is 1. The predicted octanol–water partition coefficient (Wildman–Crippen LogP) is 2.38. The van der Waals surface area contributed by atoms with Gasteiger partial charge in [-0.25, -0.2) is 9.59 Å². The van der Waals surface area contributed by atoms with Crippen LogP contribution in [0.2, 0.25) is 10.0 Å². The number of ether oxygens (including phenoxy) is 1. The van der Waals surface area contributed by atoms with Crippen LogP contribution in [0.1, 0.15) is 24.2 Å². The third kappa shape index (κ3) is 5.61. The minimum atomic E-state index is -1.14. The van der Waals surface area contributed by atoms with E-state index < -0.39 is 24.0 Å². The molecule has 0 unspecified atom stereocenters. The molecule has 114 valence electrons. The minimum Gasteiger partial charge on any atom is -0.449 e. The average molecular weight is 333 g/mol. The summed E-state index contributed by atoms with van der Waals surface area (Å²) in [5.74, 6) is -1.50. The largest absolute Gasteiger partial charge is 0.449 e. The fourth-order valence-electron chi connectivity index (χ4n) is 1.37. The highest BCUT2D eigenvalue weighted by atomic mass is 35.5. The normalized spacial score (nSPS) is 11.4. The Kier molecular flexibility index (Phi) is 6.45. The van der Waals surface area contributed by atoms with E-state index in [1.807, 2.05) is 5.32 Å². The second-order valence-corrected chi connectivity index (χ2v) is 4.93. The third-order valence-electron chi connectivity index (χ3n) is 2.33. The highest BCUT2D eigenvalue weighted by Gasteiger charge is 2.21. The van der Waals surface area contributed by atoms with Crippen molar-refractivity contribution in [2.45, 2.75) is 20.0 Å². The predicted molar refractivity (Wildman–Crippen MR) is 78.6 cm³/mol. The molecule has 0 fully saturated rings. The van der Waals surface area contributed by atoms with Crippen LogP contribution in [0.15, 0.2) is 18.2 Å². The first-order chi connectivity index (χ1) is 9.83. The Bertz CT molecular complexity index is 543. The number of esters is 1. The van der Waals surface area contributed by atoms with Gasteiger partial charge in [0.25, 0.3) is 5.91 Å². The first kappa shape index (κ1) is 17.3. The molecule has 1 aromatic rings. The summed E-state index contributed by atoms with van der Waals surface area (Å²) >= 11 is 11.5. The summed E-state index contributed by atoms with van der Waals surface area (Å²) in [6, 6.07) is 3.54. The van der Waals surface area contributed by atoms with Crippen LogP contribution in [0.25, 0.3) is 0 Å². The zero-order valence-corrected chi connectivity index (χ0v) is 12.9. The lowest BCUT2D eigenvalue weighted by atomic mass is 10.2. The third-order valence-corrected chi connectivity index (χ3v) is 2.76. The first-order valence-corrected chi connectivity index (χ1v) is 6.84. The van der Waals surface area contributed by atoms with Crippen LogP contribution in [-0.4, -0.2) is 30.6 Å². The van der Waals surface area contributed by atoms with E-state index in [4.69, 9.17) is 27.9 Å². The Labute approximate surface area is 131 Å². The highest BCUT2D eigenvalue weighted by molar-refractivity contribution is 6.35. The molecule has 1 rings (SSSR count). The summed E-state index contributed by atoms with van der Waals surface area (Å²) in [5, 5.41) is 4.97. The molecule has 6 nitrogen and oxygen atoms in total. The van der Waals surface area contributed by atoms with Gasteiger partial charge in [-0.15, -0.1) is 0 Å². The Morgan fingerprint density at radius 1 is 1.19 bits per heavy atom. The molecule has 0 aliphatic carbocycles. The van der Waals surface area contributed by atoms with Gasteiger partial charge in [0.15, 0.2) is 6.10 Å². The highest BCUT2D eigenvalue weighted by Crippen LogP contribution is 2.19. The minimum absolute atomic E-state index is 0.116. The zero-order valence-electron chi connectivity index (χ0n) is 11.4. The van der Waals surface area contributed by atoms with Gasteiger partial charge < -0.3 is 10.1 Å². The fourth-order valence-corrected chi connectivity index (χ4v) is 1.90. The molecule has 0 aliphatic rings. The fraction of sp³-hybridized carbons (Fsp3) is 0.308. The lowest BCUT2D eigenvalue weighted by Gasteiger charge is -2.13. The number of hydrogen-bond donors (Lipinski definition) is 2. The first-order valence-electron chi connectivity index (χ1n) is 6.09. The van der Waals surface area contributed by atoms with Gasteiger partial charge >= 0.3 is 12.0 Å². The van der Waals surface area contributed by atoms with E-state index in [0.29, 0.717) is 6.54 Å². The van der Waals surface area contributed by atoms with Crippen molar-refractivity contribution >= 4 is 41.1 Å². The molecule has 0 saturated carbocycles. The van der Waals surface area contributed by atoms with Crippen molar-refractivity contribution in [2.75, 3.05) is 6.54 Å². The van der Waals surface area contributed by atoms with E-state index in [9.17, 15) is 14.4 Å². The summed E-state index contributed by atoms with van der Waals surface area (Å²) in [6.45, 7) is 3.42. The summed E-state index contributed by atoms with van der Waals surface area (Å²) in [4.78, 5) is 34.7. The molecule has 0 saturated heterocycles. The Morgan fingerprint density at radius 3 is 2.29 bits per heavy atom. The van der Waals surface area contributed by atoms with Crippen LogP contribution in [-0.2, 0) is 9.53 Å². The SMILES string of the molecule is CCNC(=O)NC(=O)[C@@H](C)OC(=O)c1cc(Cl)cc(Cl)c1. The molecule has 0 spiro atoms. The number of benzene rings is 1. The van der Waals surface area contributed by atoms with Gasteiger partial charge in [-0.3, -0.25) is 10.1 Å². The van der Waals surface area contributed by atoms with E-state index in [0.717, 1.165) is 0 Å². The number of halogens is 2. The number of hydrogen-bond acceptors (Lipinski definition) is 4. The molecular formula is C13H14Cl2N2O4. The molecular weight excluding hydrogens is 319 g/mol. The molecule has 1 atom stereocenters. The maximum atomic E-state index is 11.9. The average Bonchev–Trinajstić information content (AvgIpc) is 2.37. The van der Waals surface area contributed by atoms with E-state index in [1.54, 1.807) is 6.92 Å². The van der Waals surface area contributed by atoms with Crippen LogP contribution in [0, 0.1) is 0 Å². The number of carbonyl (C=O) groups is 3. The maximum absolute atomic E-state index is 11.9.